The molecule has 0 spiro atoms. The molecule has 0 saturated heterocycles. The van der Waals surface area contributed by atoms with Gasteiger partial charge in [-0.1, -0.05) is 51.2 Å². The van der Waals surface area contributed by atoms with Crippen LogP contribution in [-0.4, -0.2) is 0 Å². The maximum absolute atomic E-state index is 2.56. The van der Waals surface area contributed by atoms with E-state index in [2.05, 4.69) is 19.1 Å². The van der Waals surface area contributed by atoms with Crippen LogP contribution in [-0.2, 0) is 0 Å². The van der Waals surface area contributed by atoms with Gasteiger partial charge in [-0.05, 0) is 43.4 Å². The summed E-state index contributed by atoms with van der Waals surface area (Å²) in [5, 5.41) is 0. The Morgan fingerprint density at radius 1 is 0.667 bits per heavy atom. The summed E-state index contributed by atoms with van der Waals surface area (Å²) >= 11 is 0. The van der Waals surface area contributed by atoms with E-state index in [1.165, 1.54) is 57.8 Å². The van der Waals surface area contributed by atoms with Gasteiger partial charge < -0.3 is 0 Å². The fourth-order valence-electron chi connectivity index (χ4n) is 3.12. The molecule has 0 aromatic rings. The van der Waals surface area contributed by atoms with E-state index in [9.17, 15) is 0 Å². The first-order chi connectivity index (χ1) is 7.34. The lowest BCUT2D eigenvalue weighted by Crippen LogP contribution is -2.11. The third-order valence-corrected chi connectivity index (χ3v) is 4.37. The first-order valence-electron chi connectivity index (χ1n) is 7.03. The van der Waals surface area contributed by atoms with Crippen LogP contribution in [0.15, 0.2) is 12.2 Å². The van der Waals surface area contributed by atoms with Crippen LogP contribution in [0.2, 0.25) is 0 Å². The highest BCUT2D eigenvalue weighted by Gasteiger charge is 2.16. The molecule has 2 fully saturated rings. The molecule has 0 bridgehead atoms. The Balaban J connectivity index is 1.73. The smallest absolute Gasteiger partial charge is 0.0233 e. The SMILES string of the molecule is CC1CCC(C=CC2CCCCC2)CC1. The van der Waals surface area contributed by atoms with Crippen molar-refractivity contribution in [2.45, 2.75) is 64.7 Å². The fourth-order valence-corrected chi connectivity index (χ4v) is 3.12. The second-order valence-corrected chi connectivity index (χ2v) is 5.80. The zero-order valence-corrected chi connectivity index (χ0v) is 10.3. The van der Waals surface area contributed by atoms with E-state index in [-0.39, 0.29) is 0 Å². The van der Waals surface area contributed by atoms with Gasteiger partial charge in [0.15, 0.2) is 0 Å². The minimum absolute atomic E-state index is 0.920. The average Bonchev–Trinajstić information content (AvgIpc) is 2.30. The summed E-state index contributed by atoms with van der Waals surface area (Å²) in [7, 11) is 0. The highest BCUT2D eigenvalue weighted by atomic mass is 14.2. The molecule has 0 aromatic carbocycles. The molecule has 0 aromatic heterocycles. The summed E-state index contributed by atoms with van der Waals surface area (Å²) in [5.41, 5.74) is 0. The molecule has 2 aliphatic carbocycles. The largest absolute Gasteiger partial charge is 0.0851 e. The third-order valence-electron chi connectivity index (χ3n) is 4.37. The summed E-state index contributed by atoms with van der Waals surface area (Å²) in [5.74, 6) is 2.84. The van der Waals surface area contributed by atoms with Crippen molar-refractivity contribution in [2.24, 2.45) is 17.8 Å². The molecule has 2 saturated carbocycles. The summed E-state index contributed by atoms with van der Waals surface area (Å²) < 4.78 is 0. The van der Waals surface area contributed by atoms with Gasteiger partial charge in [0, 0.05) is 0 Å². The van der Waals surface area contributed by atoms with Crippen LogP contribution < -0.4 is 0 Å². The van der Waals surface area contributed by atoms with Crippen molar-refractivity contribution in [1.82, 2.24) is 0 Å². The number of rotatable bonds is 2. The van der Waals surface area contributed by atoms with Gasteiger partial charge in [0.05, 0.1) is 0 Å². The van der Waals surface area contributed by atoms with Crippen LogP contribution in [0.5, 0.6) is 0 Å². The fraction of sp³-hybridized carbons (Fsp3) is 0.867. The standard InChI is InChI=1S/C15H26/c1-13-7-9-15(10-8-13)12-11-14-5-3-2-4-6-14/h11-15H,2-10H2,1H3. The maximum Gasteiger partial charge on any atom is -0.0233 e. The number of hydrogen-bond donors (Lipinski definition) is 0. The van der Waals surface area contributed by atoms with Gasteiger partial charge in [-0.15, -0.1) is 0 Å². The maximum atomic E-state index is 2.56. The monoisotopic (exact) mass is 206 g/mol. The van der Waals surface area contributed by atoms with Crippen LogP contribution in [0.3, 0.4) is 0 Å². The van der Waals surface area contributed by atoms with Crippen molar-refractivity contribution in [3.8, 4) is 0 Å². The van der Waals surface area contributed by atoms with Crippen LogP contribution in [0, 0.1) is 17.8 Å². The minimum Gasteiger partial charge on any atom is -0.0851 e. The van der Waals surface area contributed by atoms with Gasteiger partial charge >= 0.3 is 0 Å². The Bertz CT molecular complexity index is 190. The second-order valence-electron chi connectivity index (χ2n) is 5.80. The van der Waals surface area contributed by atoms with Gasteiger partial charge in [0.2, 0.25) is 0 Å². The zero-order chi connectivity index (χ0) is 10.5. The molecule has 0 nitrogen and oxygen atoms in total. The van der Waals surface area contributed by atoms with Gasteiger partial charge in [-0.3, -0.25) is 0 Å². The van der Waals surface area contributed by atoms with Gasteiger partial charge in [-0.25, -0.2) is 0 Å². The lowest BCUT2D eigenvalue weighted by molar-refractivity contribution is 0.328. The highest BCUT2D eigenvalue weighted by Crippen LogP contribution is 2.31. The van der Waals surface area contributed by atoms with Gasteiger partial charge in [0.25, 0.3) is 0 Å². The van der Waals surface area contributed by atoms with Crippen LogP contribution in [0.25, 0.3) is 0 Å². The first kappa shape index (κ1) is 11.2. The third kappa shape index (κ3) is 3.66. The molecule has 0 aliphatic heterocycles. The lowest BCUT2D eigenvalue weighted by Gasteiger charge is -2.24. The van der Waals surface area contributed by atoms with Gasteiger partial charge in [0.1, 0.15) is 0 Å². The Morgan fingerprint density at radius 3 is 1.80 bits per heavy atom. The topological polar surface area (TPSA) is 0 Å². The molecule has 0 amide bonds. The van der Waals surface area contributed by atoms with Gasteiger partial charge in [-0.2, -0.15) is 0 Å². The molecule has 0 heteroatoms. The Morgan fingerprint density at radius 2 is 1.20 bits per heavy atom. The van der Waals surface area contributed by atoms with Crippen molar-refractivity contribution in [1.29, 1.82) is 0 Å². The van der Waals surface area contributed by atoms with Crippen LogP contribution >= 0.6 is 0 Å². The normalized spacial score (nSPS) is 34.7. The molecular weight excluding hydrogens is 180 g/mol. The van der Waals surface area contributed by atoms with E-state index in [1.807, 2.05) is 0 Å². The molecule has 0 heterocycles. The van der Waals surface area contributed by atoms with Crippen LogP contribution in [0.4, 0.5) is 0 Å². The Labute approximate surface area is 95.1 Å². The van der Waals surface area contributed by atoms with Crippen molar-refractivity contribution >= 4 is 0 Å². The summed E-state index contributed by atoms with van der Waals surface area (Å²) in [4.78, 5) is 0. The number of hydrogen-bond acceptors (Lipinski definition) is 0. The van der Waals surface area contributed by atoms with E-state index in [1.54, 1.807) is 0 Å². The molecule has 0 atom stereocenters. The van der Waals surface area contributed by atoms with E-state index >= 15 is 0 Å². The van der Waals surface area contributed by atoms with Crippen molar-refractivity contribution in [2.75, 3.05) is 0 Å². The summed E-state index contributed by atoms with van der Waals surface area (Å²) in [6, 6.07) is 0. The van der Waals surface area contributed by atoms with Crippen molar-refractivity contribution in [3.05, 3.63) is 12.2 Å². The van der Waals surface area contributed by atoms with Crippen LogP contribution in [0.1, 0.15) is 64.7 Å². The Kier molecular flexibility index (Phi) is 4.29. The highest BCUT2D eigenvalue weighted by molar-refractivity contribution is 4.95. The lowest BCUT2D eigenvalue weighted by atomic mass is 9.81. The minimum atomic E-state index is 0.920. The molecule has 86 valence electrons. The number of allylic oxidation sites excluding steroid dienone is 2. The first-order valence-corrected chi connectivity index (χ1v) is 7.03. The van der Waals surface area contributed by atoms with E-state index in [4.69, 9.17) is 0 Å². The quantitative estimate of drug-likeness (QED) is 0.561. The molecule has 15 heavy (non-hydrogen) atoms. The predicted octanol–water partition coefficient (Wildman–Crippen LogP) is 4.95. The Hall–Kier alpha value is -0.260. The molecule has 2 rings (SSSR count). The molecule has 2 aliphatic rings. The molecule has 0 radical (unpaired) electrons. The average molecular weight is 206 g/mol. The molecule has 0 unspecified atom stereocenters. The van der Waals surface area contributed by atoms with E-state index < -0.39 is 0 Å². The zero-order valence-electron chi connectivity index (χ0n) is 10.3. The second kappa shape index (κ2) is 5.72. The summed E-state index contributed by atoms with van der Waals surface area (Å²) in [6.45, 7) is 2.40. The predicted molar refractivity (Wildman–Crippen MR) is 66.8 cm³/mol. The van der Waals surface area contributed by atoms with Crippen molar-refractivity contribution in [3.63, 3.8) is 0 Å². The van der Waals surface area contributed by atoms with E-state index in [0.717, 1.165) is 17.8 Å². The molecule has 0 N–H and O–H groups in total. The summed E-state index contributed by atoms with van der Waals surface area (Å²) in [6.07, 6.45) is 18.3. The van der Waals surface area contributed by atoms with Crippen molar-refractivity contribution < 1.29 is 0 Å². The molecular formula is C15H26. The van der Waals surface area contributed by atoms with E-state index in [0.29, 0.717) is 0 Å².